The second kappa shape index (κ2) is 6.37. The maximum absolute atomic E-state index is 12.7. The van der Waals surface area contributed by atoms with Crippen molar-refractivity contribution in [3.8, 4) is 11.5 Å². The fourth-order valence-electron chi connectivity index (χ4n) is 3.43. The van der Waals surface area contributed by atoms with E-state index in [9.17, 15) is 9.59 Å². The predicted octanol–water partition coefficient (Wildman–Crippen LogP) is 2.76. The van der Waals surface area contributed by atoms with Gasteiger partial charge in [-0.25, -0.2) is 0 Å². The average molecular weight is 352 g/mol. The lowest BCUT2D eigenvalue weighted by molar-refractivity contribution is -0.128. The first-order valence-corrected chi connectivity index (χ1v) is 8.67. The van der Waals surface area contributed by atoms with Crippen LogP contribution in [-0.4, -0.2) is 30.6 Å². The van der Waals surface area contributed by atoms with E-state index in [4.69, 9.17) is 9.47 Å². The van der Waals surface area contributed by atoms with Crippen LogP contribution in [0.1, 0.15) is 19.4 Å². The van der Waals surface area contributed by atoms with E-state index in [1.807, 2.05) is 37.3 Å². The largest absolute Gasteiger partial charge is 0.482 e. The molecule has 2 amide bonds. The molecule has 2 atom stereocenters. The number of ether oxygens (including phenoxy) is 2. The van der Waals surface area contributed by atoms with E-state index in [0.29, 0.717) is 23.7 Å². The third-order valence-corrected chi connectivity index (χ3v) is 4.72. The maximum Gasteiger partial charge on any atom is 0.269 e. The van der Waals surface area contributed by atoms with Gasteiger partial charge in [0.25, 0.3) is 5.91 Å². The van der Waals surface area contributed by atoms with Gasteiger partial charge in [0.05, 0.1) is 0 Å². The average Bonchev–Trinajstić information content (AvgIpc) is 3.04. The van der Waals surface area contributed by atoms with E-state index in [0.717, 1.165) is 17.7 Å². The number of benzene rings is 2. The van der Waals surface area contributed by atoms with Crippen LogP contribution in [0.3, 0.4) is 0 Å². The Morgan fingerprint density at radius 3 is 2.58 bits per heavy atom. The number of hydrogen-bond acceptors (Lipinski definition) is 4. The van der Waals surface area contributed by atoms with Gasteiger partial charge in [-0.2, -0.15) is 0 Å². The molecule has 2 aliphatic rings. The fourth-order valence-corrected chi connectivity index (χ4v) is 3.43. The van der Waals surface area contributed by atoms with Crippen LogP contribution in [0, 0.1) is 0 Å². The van der Waals surface area contributed by atoms with Crippen LogP contribution in [0.25, 0.3) is 0 Å². The van der Waals surface area contributed by atoms with Crippen LogP contribution in [0.15, 0.2) is 42.5 Å². The van der Waals surface area contributed by atoms with Crippen molar-refractivity contribution >= 4 is 23.2 Å². The van der Waals surface area contributed by atoms with E-state index < -0.39 is 12.2 Å². The molecule has 0 spiro atoms. The summed E-state index contributed by atoms with van der Waals surface area (Å²) in [5, 5.41) is 2.90. The molecular weight excluding hydrogens is 332 g/mol. The topological polar surface area (TPSA) is 67.9 Å². The summed E-state index contributed by atoms with van der Waals surface area (Å²) in [6.07, 6.45) is -0.342. The summed E-state index contributed by atoms with van der Waals surface area (Å²) < 4.78 is 11.6. The summed E-state index contributed by atoms with van der Waals surface area (Å²) >= 11 is 0. The smallest absolute Gasteiger partial charge is 0.269 e. The standard InChI is InChI=1S/C20H20N2O4/c1-12-19(26-18-6-4-3-5-17(18)25-12)20(24)21-15-7-8-16-14(11-15)9-10-22(16)13(2)23/h3-8,11-12,19H,9-10H2,1-2H3,(H,21,24)/t12-,19-/m0/s1. The van der Waals surface area contributed by atoms with E-state index in [1.54, 1.807) is 24.0 Å². The summed E-state index contributed by atoms with van der Waals surface area (Å²) in [6.45, 7) is 4.05. The van der Waals surface area contributed by atoms with E-state index in [2.05, 4.69) is 5.32 Å². The van der Waals surface area contributed by atoms with Crippen molar-refractivity contribution in [1.29, 1.82) is 0 Å². The van der Waals surface area contributed by atoms with Crippen molar-refractivity contribution in [1.82, 2.24) is 0 Å². The Morgan fingerprint density at radius 1 is 1.12 bits per heavy atom. The zero-order valence-corrected chi connectivity index (χ0v) is 14.7. The minimum absolute atomic E-state index is 0.0285. The zero-order chi connectivity index (χ0) is 18.3. The summed E-state index contributed by atoms with van der Waals surface area (Å²) in [5.74, 6) is 0.983. The monoisotopic (exact) mass is 352 g/mol. The van der Waals surface area contributed by atoms with Gasteiger partial charge >= 0.3 is 0 Å². The number of hydrogen-bond donors (Lipinski definition) is 1. The Hall–Kier alpha value is -3.02. The van der Waals surface area contributed by atoms with Gasteiger partial charge in [-0.3, -0.25) is 9.59 Å². The third kappa shape index (κ3) is 2.87. The molecule has 4 rings (SSSR count). The highest BCUT2D eigenvalue weighted by Gasteiger charge is 2.34. The second-order valence-corrected chi connectivity index (χ2v) is 6.56. The minimum Gasteiger partial charge on any atom is -0.482 e. The lowest BCUT2D eigenvalue weighted by Gasteiger charge is -2.31. The van der Waals surface area contributed by atoms with Gasteiger partial charge in [-0.15, -0.1) is 0 Å². The Kier molecular flexibility index (Phi) is 4.03. The fraction of sp³-hybridized carbons (Fsp3) is 0.300. The van der Waals surface area contributed by atoms with Gasteiger partial charge < -0.3 is 19.7 Å². The quantitative estimate of drug-likeness (QED) is 0.902. The Balaban J connectivity index is 1.50. The lowest BCUT2D eigenvalue weighted by atomic mass is 10.1. The summed E-state index contributed by atoms with van der Waals surface area (Å²) in [4.78, 5) is 26.1. The first-order chi connectivity index (χ1) is 12.5. The normalized spacial score (nSPS) is 20.5. The van der Waals surface area contributed by atoms with Crippen molar-refractivity contribution in [3.63, 3.8) is 0 Å². The van der Waals surface area contributed by atoms with Gasteiger partial charge in [-0.1, -0.05) is 12.1 Å². The van der Waals surface area contributed by atoms with Crippen molar-refractivity contribution in [3.05, 3.63) is 48.0 Å². The van der Waals surface area contributed by atoms with Crippen molar-refractivity contribution < 1.29 is 19.1 Å². The molecule has 2 aliphatic heterocycles. The predicted molar refractivity (Wildman–Crippen MR) is 97.8 cm³/mol. The SMILES string of the molecule is CC(=O)N1CCc2cc(NC(=O)[C@H]3Oc4ccccc4O[C@H]3C)ccc21. The number of para-hydroxylation sites is 2. The third-order valence-electron chi connectivity index (χ3n) is 4.72. The highest BCUT2D eigenvalue weighted by Crippen LogP contribution is 2.34. The van der Waals surface area contributed by atoms with Crippen LogP contribution >= 0.6 is 0 Å². The van der Waals surface area contributed by atoms with Crippen LogP contribution in [0.5, 0.6) is 11.5 Å². The highest BCUT2D eigenvalue weighted by atomic mass is 16.6. The van der Waals surface area contributed by atoms with Gasteiger partial charge in [0.2, 0.25) is 12.0 Å². The van der Waals surface area contributed by atoms with E-state index >= 15 is 0 Å². The number of nitrogens with zero attached hydrogens (tertiary/aromatic N) is 1. The summed E-state index contributed by atoms with van der Waals surface area (Å²) in [6, 6.07) is 12.9. The number of carbonyl (C=O) groups excluding carboxylic acids is 2. The van der Waals surface area contributed by atoms with Crippen molar-refractivity contribution in [2.24, 2.45) is 0 Å². The summed E-state index contributed by atoms with van der Waals surface area (Å²) in [5.41, 5.74) is 2.65. The van der Waals surface area contributed by atoms with Gasteiger partial charge in [-0.05, 0) is 49.2 Å². The molecule has 134 valence electrons. The number of rotatable bonds is 2. The molecule has 2 aromatic carbocycles. The van der Waals surface area contributed by atoms with Crippen LogP contribution < -0.4 is 19.7 Å². The Labute approximate surface area is 151 Å². The number of fused-ring (bicyclic) bond motifs is 2. The van der Waals surface area contributed by atoms with Crippen molar-refractivity contribution in [2.45, 2.75) is 32.5 Å². The van der Waals surface area contributed by atoms with E-state index in [-0.39, 0.29) is 11.8 Å². The van der Waals surface area contributed by atoms with Gasteiger partial charge in [0.1, 0.15) is 6.10 Å². The molecule has 0 unspecified atom stereocenters. The Morgan fingerprint density at radius 2 is 1.85 bits per heavy atom. The molecule has 0 aromatic heterocycles. The molecule has 0 saturated carbocycles. The van der Waals surface area contributed by atoms with Crippen LogP contribution in [0.2, 0.25) is 0 Å². The molecule has 0 saturated heterocycles. The number of carbonyl (C=O) groups is 2. The molecule has 26 heavy (non-hydrogen) atoms. The van der Waals surface area contributed by atoms with Gasteiger partial charge in [0.15, 0.2) is 11.5 Å². The molecule has 6 heteroatoms. The maximum atomic E-state index is 12.7. The van der Waals surface area contributed by atoms with Crippen LogP contribution in [0.4, 0.5) is 11.4 Å². The second-order valence-electron chi connectivity index (χ2n) is 6.56. The minimum atomic E-state index is -0.730. The first kappa shape index (κ1) is 16.4. The number of anilines is 2. The van der Waals surface area contributed by atoms with E-state index in [1.165, 1.54) is 0 Å². The molecule has 6 nitrogen and oxygen atoms in total. The molecular formula is C20H20N2O4. The molecule has 0 radical (unpaired) electrons. The first-order valence-electron chi connectivity index (χ1n) is 8.67. The molecule has 2 heterocycles. The highest BCUT2D eigenvalue weighted by molar-refractivity contribution is 5.97. The molecule has 0 bridgehead atoms. The summed E-state index contributed by atoms with van der Waals surface area (Å²) in [7, 11) is 0. The molecule has 0 fully saturated rings. The molecule has 0 aliphatic carbocycles. The number of amides is 2. The molecule has 1 N–H and O–H groups in total. The lowest BCUT2D eigenvalue weighted by Crippen LogP contribution is -2.46. The van der Waals surface area contributed by atoms with Crippen molar-refractivity contribution in [2.75, 3.05) is 16.8 Å². The molecule has 2 aromatic rings. The van der Waals surface area contributed by atoms with Gasteiger partial charge in [0, 0.05) is 24.8 Å². The van der Waals surface area contributed by atoms with Crippen LogP contribution in [-0.2, 0) is 16.0 Å². The Bertz CT molecular complexity index is 880. The number of nitrogens with one attached hydrogen (secondary N) is 1. The zero-order valence-electron chi connectivity index (χ0n) is 14.7.